The number of amides is 1. The van der Waals surface area contributed by atoms with Crippen LogP contribution in [0.15, 0.2) is 30.3 Å². The quantitative estimate of drug-likeness (QED) is 0.130. The number of hydrogen-bond acceptors (Lipinski definition) is 8. The van der Waals surface area contributed by atoms with Crippen molar-refractivity contribution < 1.29 is 41.8 Å². The Bertz CT molecular complexity index is 1860. The van der Waals surface area contributed by atoms with Gasteiger partial charge in [0, 0.05) is 21.9 Å². The second-order valence-electron chi connectivity index (χ2n) is 11.9. The van der Waals surface area contributed by atoms with Crippen LogP contribution in [0.25, 0.3) is 22.2 Å². The lowest BCUT2D eigenvalue weighted by atomic mass is 9.86. The lowest BCUT2D eigenvalue weighted by Crippen LogP contribution is -2.30. The van der Waals surface area contributed by atoms with Gasteiger partial charge in [-0.1, -0.05) is 55.3 Å². The number of thiazole rings is 1. The van der Waals surface area contributed by atoms with Crippen molar-refractivity contribution in [2.45, 2.75) is 71.5 Å². The first-order valence-corrected chi connectivity index (χ1v) is 16.6. The van der Waals surface area contributed by atoms with E-state index in [0.717, 1.165) is 29.7 Å². The molecule has 1 N–H and O–H groups in total. The molecule has 2 heterocycles. The van der Waals surface area contributed by atoms with Crippen molar-refractivity contribution in [2.75, 3.05) is 19.5 Å². The van der Waals surface area contributed by atoms with Gasteiger partial charge in [0.15, 0.2) is 5.13 Å². The highest BCUT2D eigenvalue weighted by molar-refractivity contribution is 7.16. The Morgan fingerprint density at radius 1 is 1.02 bits per heavy atom. The molecule has 0 aliphatic heterocycles. The summed E-state index contributed by atoms with van der Waals surface area (Å²) in [7, 11) is 3.03. The number of carbonyl (C=O) groups excluding carboxylic acids is 3. The minimum atomic E-state index is -5.35. The number of aromatic nitrogens is 2. The first kappa shape index (κ1) is 35.2. The van der Waals surface area contributed by atoms with Gasteiger partial charge in [-0.05, 0) is 56.4 Å². The predicted octanol–water partition coefficient (Wildman–Crippen LogP) is 8.45. The molecule has 14 heteroatoms. The van der Waals surface area contributed by atoms with E-state index in [2.05, 4.69) is 10.1 Å². The number of aryl methyl sites for hydroxylation is 3. The third-order valence-electron chi connectivity index (χ3n) is 8.44. The molecule has 9 nitrogen and oxygen atoms in total. The molecular formula is C34H35ClF3N3O6S. The van der Waals surface area contributed by atoms with Crippen molar-refractivity contribution >= 4 is 56.8 Å². The van der Waals surface area contributed by atoms with Crippen LogP contribution in [0, 0.1) is 19.8 Å². The summed E-state index contributed by atoms with van der Waals surface area (Å²) in [5.74, 6) is -3.27. The van der Waals surface area contributed by atoms with Gasteiger partial charge < -0.3 is 18.8 Å². The van der Waals surface area contributed by atoms with Crippen LogP contribution in [-0.2, 0) is 27.3 Å². The Morgan fingerprint density at radius 2 is 1.73 bits per heavy atom. The summed E-state index contributed by atoms with van der Waals surface area (Å²) in [6, 6.07) is 8.51. The number of carbonyl (C=O) groups is 3. The number of fused-ring (bicyclic) bond motifs is 1. The third kappa shape index (κ3) is 7.78. The Labute approximate surface area is 284 Å². The number of nitrogens with one attached hydrogen (secondary N) is 1. The Balaban J connectivity index is 1.52. The van der Waals surface area contributed by atoms with Gasteiger partial charge in [0.1, 0.15) is 23.7 Å². The van der Waals surface area contributed by atoms with Gasteiger partial charge in [0.05, 0.1) is 30.5 Å². The first-order valence-electron chi connectivity index (χ1n) is 15.4. The number of anilines is 1. The lowest BCUT2D eigenvalue weighted by molar-refractivity contribution is -0.202. The highest BCUT2D eigenvalue weighted by Crippen LogP contribution is 2.43. The largest absolute Gasteiger partial charge is 0.496 e. The summed E-state index contributed by atoms with van der Waals surface area (Å²) in [6.07, 6.45) is 2.28. The van der Waals surface area contributed by atoms with Crippen LogP contribution < -0.4 is 14.8 Å². The normalized spacial score (nSPS) is 13.8. The Kier molecular flexibility index (Phi) is 10.7. The van der Waals surface area contributed by atoms with Crippen LogP contribution in [-0.4, -0.2) is 47.8 Å². The van der Waals surface area contributed by atoms with E-state index >= 15 is 0 Å². The van der Waals surface area contributed by atoms with Crippen LogP contribution in [0.5, 0.6) is 11.5 Å². The molecule has 0 spiro atoms. The fourth-order valence-electron chi connectivity index (χ4n) is 6.30. The molecular weight excluding hydrogens is 671 g/mol. The second kappa shape index (κ2) is 14.6. The number of ether oxygens (including phenoxy) is 3. The molecule has 1 saturated carbocycles. The lowest BCUT2D eigenvalue weighted by Gasteiger charge is -2.21. The molecule has 0 unspecified atom stereocenters. The zero-order valence-corrected chi connectivity index (χ0v) is 28.5. The summed E-state index contributed by atoms with van der Waals surface area (Å²) in [4.78, 5) is 43.5. The van der Waals surface area contributed by atoms with E-state index in [1.165, 1.54) is 55.5 Å². The fourth-order valence-corrected chi connectivity index (χ4v) is 7.51. The highest BCUT2D eigenvalue weighted by Gasteiger charge is 2.42. The molecule has 1 fully saturated rings. The van der Waals surface area contributed by atoms with E-state index in [1.54, 1.807) is 25.1 Å². The molecule has 0 saturated heterocycles. The van der Waals surface area contributed by atoms with Gasteiger partial charge in [0.2, 0.25) is 0 Å². The van der Waals surface area contributed by atoms with Crippen LogP contribution >= 0.6 is 22.9 Å². The fraction of sp³-hybridized carbons (Fsp3) is 0.412. The van der Waals surface area contributed by atoms with Gasteiger partial charge in [-0.25, -0.2) is 14.6 Å². The minimum absolute atomic E-state index is 0.0265. The zero-order valence-electron chi connectivity index (χ0n) is 26.9. The molecule has 4 aromatic rings. The average molecular weight is 706 g/mol. The van der Waals surface area contributed by atoms with E-state index in [-0.39, 0.29) is 10.8 Å². The number of esters is 2. The van der Waals surface area contributed by atoms with Crippen LogP contribution in [0.4, 0.5) is 18.3 Å². The average Bonchev–Trinajstić information content (AvgIpc) is 3.60. The Morgan fingerprint density at radius 3 is 2.40 bits per heavy atom. The summed E-state index contributed by atoms with van der Waals surface area (Å²) in [6.45, 7) is 2.79. The molecule has 2 aromatic heterocycles. The van der Waals surface area contributed by atoms with E-state index in [9.17, 15) is 27.6 Å². The number of hydrogen-bond donors (Lipinski definition) is 1. The number of methoxy groups -OCH3 is 2. The maximum absolute atomic E-state index is 13.9. The van der Waals surface area contributed by atoms with Crippen molar-refractivity contribution in [2.24, 2.45) is 5.92 Å². The summed E-state index contributed by atoms with van der Waals surface area (Å²) >= 11 is 7.68. The molecule has 5 rings (SSSR count). The minimum Gasteiger partial charge on any atom is -0.496 e. The monoisotopic (exact) mass is 705 g/mol. The molecule has 256 valence electrons. The van der Waals surface area contributed by atoms with Crippen LogP contribution in [0.2, 0.25) is 5.02 Å². The highest BCUT2D eigenvalue weighted by atomic mass is 35.5. The molecule has 2 aromatic carbocycles. The molecule has 48 heavy (non-hydrogen) atoms. The first-order chi connectivity index (χ1) is 22.8. The molecule has 1 aliphatic rings. The van der Waals surface area contributed by atoms with Gasteiger partial charge in [0.25, 0.3) is 5.91 Å². The van der Waals surface area contributed by atoms with Gasteiger partial charge in [-0.15, -0.1) is 11.3 Å². The number of alkyl halides is 3. The summed E-state index contributed by atoms with van der Waals surface area (Å²) in [5, 5.41) is 4.04. The molecule has 1 amide bonds. The zero-order chi connectivity index (χ0) is 34.7. The third-order valence-corrected chi connectivity index (χ3v) is 9.76. The number of nitrogens with zero attached hydrogens (tertiary/aromatic N) is 2. The Hall–Kier alpha value is -4.10. The van der Waals surface area contributed by atoms with Crippen molar-refractivity contribution in [1.82, 2.24) is 9.55 Å². The van der Waals surface area contributed by atoms with Gasteiger partial charge in [-0.3, -0.25) is 10.1 Å². The van der Waals surface area contributed by atoms with Crippen molar-refractivity contribution in [3.05, 3.63) is 57.1 Å². The topological polar surface area (TPSA) is 109 Å². The number of benzene rings is 2. The van der Waals surface area contributed by atoms with E-state index < -0.39 is 30.6 Å². The van der Waals surface area contributed by atoms with Gasteiger partial charge in [-0.2, -0.15) is 13.2 Å². The summed E-state index contributed by atoms with van der Waals surface area (Å²) < 4.78 is 54.8. The van der Waals surface area contributed by atoms with Crippen molar-refractivity contribution in [3.63, 3.8) is 0 Å². The molecule has 0 atom stereocenters. The summed E-state index contributed by atoms with van der Waals surface area (Å²) in [5.41, 5.74) is 3.18. The molecule has 0 bridgehead atoms. The SMILES string of the molecule is COc1cc(-c2nc(NC(=O)c3cc4cc(C)cc(C)c4n3CC(=O)OC(=O)C(F)(F)F)sc2CCC2CCCCC2)c(OC)cc1Cl. The maximum Gasteiger partial charge on any atom is 0.491 e. The van der Waals surface area contributed by atoms with Crippen LogP contribution in [0.3, 0.4) is 0 Å². The van der Waals surface area contributed by atoms with Crippen molar-refractivity contribution in [3.8, 4) is 22.8 Å². The molecule has 0 radical (unpaired) electrons. The standard InChI is InChI=1S/C34H35ClF3N3O6S/c1-18-12-19(2)30-21(13-18)14-24(41(30)17-28(42)47-32(44)34(36,37)38)31(43)40-33-39-29(22-15-26(46-4)23(35)16-25(22)45-3)27(48-33)11-10-20-8-6-5-7-9-20/h12-16,20H,5-11,17H2,1-4H3,(H,39,40,43). The van der Waals surface area contributed by atoms with E-state index in [0.29, 0.717) is 56.6 Å². The van der Waals surface area contributed by atoms with Gasteiger partial charge >= 0.3 is 18.1 Å². The maximum atomic E-state index is 13.9. The second-order valence-corrected chi connectivity index (χ2v) is 13.4. The van der Waals surface area contributed by atoms with Crippen LogP contribution in [0.1, 0.15) is 65.0 Å². The number of rotatable bonds is 10. The smallest absolute Gasteiger partial charge is 0.491 e. The van der Waals surface area contributed by atoms with Crippen molar-refractivity contribution in [1.29, 1.82) is 0 Å². The number of halogens is 4. The van der Waals surface area contributed by atoms with E-state index in [1.807, 2.05) is 13.0 Å². The predicted molar refractivity (Wildman–Crippen MR) is 177 cm³/mol. The molecule has 1 aliphatic carbocycles. The van der Waals surface area contributed by atoms with E-state index in [4.69, 9.17) is 26.1 Å².